The van der Waals surface area contributed by atoms with E-state index in [-0.39, 0.29) is 6.10 Å². The first-order chi connectivity index (χ1) is 9.47. The summed E-state index contributed by atoms with van der Waals surface area (Å²) in [6.07, 6.45) is 1.29. The quantitative estimate of drug-likeness (QED) is 0.820. The van der Waals surface area contributed by atoms with Gasteiger partial charge in [-0.25, -0.2) is 4.79 Å². The molecule has 0 saturated heterocycles. The van der Waals surface area contributed by atoms with E-state index in [0.29, 0.717) is 23.5 Å². The number of carbonyl (C=O) groups excluding carboxylic acids is 1. The Balaban J connectivity index is 2.52. The molecule has 20 heavy (non-hydrogen) atoms. The zero-order valence-corrected chi connectivity index (χ0v) is 11.6. The largest absolute Gasteiger partial charge is 0.496 e. The SMILES string of the molecule is COc1cc2c(cc1C(C(=O)O)N(C)C=O)OC(C)C2. The van der Waals surface area contributed by atoms with Crippen molar-refractivity contribution >= 4 is 12.4 Å². The van der Waals surface area contributed by atoms with Gasteiger partial charge in [-0.05, 0) is 19.1 Å². The maximum Gasteiger partial charge on any atom is 0.331 e. The third-order valence-corrected chi connectivity index (χ3v) is 3.35. The molecule has 1 amide bonds. The Hall–Kier alpha value is -2.24. The van der Waals surface area contributed by atoms with Crippen LogP contribution in [0, 0.1) is 0 Å². The Labute approximate surface area is 116 Å². The molecule has 6 heteroatoms. The number of nitrogens with zero attached hydrogens (tertiary/aromatic N) is 1. The van der Waals surface area contributed by atoms with Gasteiger partial charge in [0, 0.05) is 24.6 Å². The summed E-state index contributed by atoms with van der Waals surface area (Å²) in [7, 11) is 2.90. The molecule has 2 rings (SSSR count). The molecule has 1 aromatic carbocycles. The molecule has 1 N–H and O–H groups in total. The topological polar surface area (TPSA) is 76.1 Å². The van der Waals surface area contributed by atoms with Crippen LogP contribution in [0.15, 0.2) is 12.1 Å². The number of aliphatic carboxylic acids is 1. The highest BCUT2D eigenvalue weighted by Crippen LogP contribution is 2.38. The highest BCUT2D eigenvalue weighted by atomic mass is 16.5. The summed E-state index contributed by atoms with van der Waals surface area (Å²) >= 11 is 0. The fourth-order valence-corrected chi connectivity index (χ4v) is 2.43. The van der Waals surface area contributed by atoms with Gasteiger partial charge >= 0.3 is 5.97 Å². The Morgan fingerprint density at radius 3 is 2.85 bits per heavy atom. The van der Waals surface area contributed by atoms with E-state index in [9.17, 15) is 14.7 Å². The van der Waals surface area contributed by atoms with E-state index in [1.807, 2.05) is 6.92 Å². The van der Waals surface area contributed by atoms with Gasteiger partial charge in [-0.2, -0.15) is 0 Å². The number of hydrogen-bond donors (Lipinski definition) is 1. The number of hydrogen-bond acceptors (Lipinski definition) is 4. The second kappa shape index (κ2) is 5.40. The molecular formula is C14H17NO5. The Bertz CT molecular complexity index is 543. The Morgan fingerprint density at radius 1 is 1.60 bits per heavy atom. The van der Waals surface area contributed by atoms with Crippen LogP contribution < -0.4 is 9.47 Å². The molecule has 2 atom stereocenters. The van der Waals surface area contributed by atoms with Crippen molar-refractivity contribution in [3.8, 4) is 11.5 Å². The molecule has 0 bridgehead atoms. The minimum Gasteiger partial charge on any atom is -0.496 e. The molecule has 1 aromatic rings. The van der Waals surface area contributed by atoms with Crippen LogP contribution in [0.25, 0.3) is 0 Å². The molecule has 1 aliphatic rings. The lowest BCUT2D eigenvalue weighted by atomic mass is 10.0. The maximum atomic E-state index is 11.4. The fraction of sp³-hybridized carbons (Fsp3) is 0.429. The van der Waals surface area contributed by atoms with Crippen LogP contribution in [0.2, 0.25) is 0 Å². The molecule has 0 spiro atoms. The van der Waals surface area contributed by atoms with Crippen molar-refractivity contribution in [1.29, 1.82) is 0 Å². The highest BCUT2D eigenvalue weighted by Gasteiger charge is 2.30. The van der Waals surface area contributed by atoms with Crippen LogP contribution in [0.4, 0.5) is 0 Å². The fourth-order valence-electron chi connectivity index (χ4n) is 2.43. The zero-order valence-electron chi connectivity index (χ0n) is 11.6. The Morgan fingerprint density at radius 2 is 2.30 bits per heavy atom. The van der Waals surface area contributed by atoms with Crippen molar-refractivity contribution < 1.29 is 24.2 Å². The van der Waals surface area contributed by atoms with Gasteiger partial charge in [0.25, 0.3) is 0 Å². The number of rotatable bonds is 5. The van der Waals surface area contributed by atoms with Gasteiger partial charge in [0.2, 0.25) is 6.41 Å². The molecule has 6 nitrogen and oxygen atoms in total. The molecule has 0 saturated carbocycles. The summed E-state index contributed by atoms with van der Waals surface area (Å²) < 4.78 is 10.9. The average Bonchev–Trinajstić information content (AvgIpc) is 2.76. The average molecular weight is 279 g/mol. The number of amides is 1. The lowest BCUT2D eigenvalue weighted by Crippen LogP contribution is -2.30. The molecule has 1 aliphatic heterocycles. The van der Waals surface area contributed by atoms with Crippen LogP contribution in [0.5, 0.6) is 11.5 Å². The normalized spacial score (nSPS) is 17.9. The van der Waals surface area contributed by atoms with Crippen molar-refractivity contribution in [2.24, 2.45) is 0 Å². The van der Waals surface area contributed by atoms with Crippen LogP contribution in [0.3, 0.4) is 0 Å². The molecule has 2 unspecified atom stereocenters. The van der Waals surface area contributed by atoms with Crippen LogP contribution >= 0.6 is 0 Å². The first-order valence-corrected chi connectivity index (χ1v) is 6.25. The molecular weight excluding hydrogens is 262 g/mol. The molecule has 1 heterocycles. The van der Waals surface area contributed by atoms with E-state index >= 15 is 0 Å². The number of fused-ring (bicyclic) bond motifs is 1. The molecule has 0 fully saturated rings. The van der Waals surface area contributed by atoms with E-state index in [2.05, 4.69) is 0 Å². The summed E-state index contributed by atoms with van der Waals surface area (Å²) in [5, 5.41) is 9.35. The van der Waals surface area contributed by atoms with Gasteiger partial charge in [0.1, 0.15) is 17.6 Å². The van der Waals surface area contributed by atoms with Crippen molar-refractivity contribution in [3.63, 3.8) is 0 Å². The zero-order chi connectivity index (χ0) is 14.9. The number of carboxylic acids is 1. The summed E-state index contributed by atoms with van der Waals surface area (Å²) in [5.41, 5.74) is 1.39. The molecule has 108 valence electrons. The van der Waals surface area contributed by atoms with E-state index in [4.69, 9.17) is 9.47 Å². The van der Waals surface area contributed by atoms with E-state index < -0.39 is 12.0 Å². The summed E-state index contributed by atoms with van der Waals surface area (Å²) in [6.45, 7) is 1.94. The summed E-state index contributed by atoms with van der Waals surface area (Å²) in [6, 6.07) is 2.33. The van der Waals surface area contributed by atoms with Gasteiger partial charge in [0.15, 0.2) is 6.04 Å². The molecule has 0 aromatic heterocycles. The first-order valence-electron chi connectivity index (χ1n) is 6.25. The highest BCUT2D eigenvalue weighted by molar-refractivity contribution is 5.79. The van der Waals surface area contributed by atoms with Crippen LogP contribution in [-0.4, -0.2) is 42.6 Å². The summed E-state index contributed by atoms with van der Waals surface area (Å²) in [4.78, 5) is 23.4. The summed E-state index contributed by atoms with van der Waals surface area (Å²) in [5.74, 6) is -0.0229. The van der Waals surface area contributed by atoms with Crippen molar-refractivity contribution in [2.75, 3.05) is 14.2 Å². The lowest BCUT2D eigenvalue weighted by molar-refractivity contribution is -0.145. The first kappa shape index (κ1) is 14.2. The number of methoxy groups -OCH3 is 1. The van der Waals surface area contributed by atoms with Crippen LogP contribution in [-0.2, 0) is 16.0 Å². The third kappa shape index (κ3) is 2.41. The van der Waals surface area contributed by atoms with Gasteiger partial charge in [-0.15, -0.1) is 0 Å². The number of benzene rings is 1. The molecule has 0 aliphatic carbocycles. The van der Waals surface area contributed by atoms with E-state index in [1.165, 1.54) is 14.2 Å². The number of carboxylic acid groups (broad SMARTS) is 1. The Kier molecular flexibility index (Phi) is 3.83. The minimum absolute atomic E-state index is 0.0528. The van der Waals surface area contributed by atoms with Gasteiger partial charge in [-0.3, -0.25) is 4.79 Å². The number of ether oxygens (including phenoxy) is 2. The second-order valence-electron chi connectivity index (χ2n) is 4.85. The monoisotopic (exact) mass is 279 g/mol. The van der Waals surface area contributed by atoms with Gasteiger partial charge in [-0.1, -0.05) is 0 Å². The predicted octanol–water partition coefficient (Wildman–Crippen LogP) is 1.23. The standard InChI is InChI=1S/C14H17NO5/c1-8-4-9-5-12(19-3)10(6-11(9)20-8)13(14(17)18)15(2)7-16/h5-8,13H,4H2,1-3H3,(H,17,18). The third-order valence-electron chi connectivity index (χ3n) is 3.35. The molecule has 0 radical (unpaired) electrons. The number of likely N-dealkylation sites (N-methyl/N-ethyl adjacent to an activating group) is 1. The number of carbonyl (C=O) groups is 2. The van der Waals surface area contributed by atoms with Crippen molar-refractivity contribution in [2.45, 2.75) is 25.5 Å². The van der Waals surface area contributed by atoms with Gasteiger partial charge < -0.3 is 19.5 Å². The van der Waals surface area contributed by atoms with E-state index in [1.54, 1.807) is 12.1 Å². The van der Waals surface area contributed by atoms with Crippen LogP contribution in [0.1, 0.15) is 24.1 Å². The lowest BCUT2D eigenvalue weighted by Gasteiger charge is -2.23. The van der Waals surface area contributed by atoms with Crippen molar-refractivity contribution in [3.05, 3.63) is 23.3 Å². The smallest absolute Gasteiger partial charge is 0.331 e. The van der Waals surface area contributed by atoms with Crippen molar-refractivity contribution in [1.82, 2.24) is 4.90 Å². The van der Waals surface area contributed by atoms with Gasteiger partial charge in [0.05, 0.1) is 7.11 Å². The second-order valence-corrected chi connectivity index (χ2v) is 4.85. The maximum absolute atomic E-state index is 11.4. The predicted molar refractivity (Wildman–Crippen MR) is 71.0 cm³/mol. The minimum atomic E-state index is -1.12. The van der Waals surface area contributed by atoms with E-state index in [0.717, 1.165) is 16.9 Å².